The summed E-state index contributed by atoms with van der Waals surface area (Å²) in [7, 11) is 0. The zero-order chi connectivity index (χ0) is 21.4. The Bertz CT molecular complexity index is 928. The molecule has 8 heteroatoms. The second-order valence-corrected chi connectivity index (χ2v) is 6.90. The Morgan fingerprint density at radius 2 is 1.93 bits per heavy atom. The predicted molar refractivity (Wildman–Crippen MR) is 114 cm³/mol. The monoisotopic (exact) mass is 417 g/mol. The first-order valence-corrected chi connectivity index (χ1v) is 9.53. The lowest BCUT2D eigenvalue weighted by Crippen LogP contribution is -2.25. The van der Waals surface area contributed by atoms with E-state index in [0.717, 1.165) is 12.0 Å². The molecule has 7 nitrogen and oxygen atoms in total. The summed E-state index contributed by atoms with van der Waals surface area (Å²) in [5, 5.41) is 17.4. The Kier molecular flexibility index (Phi) is 8.03. The van der Waals surface area contributed by atoms with Crippen molar-refractivity contribution < 1.29 is 19.4 Å². The summed E-state index contributed by atoms with van der Waals surface area (Å²) in [5.74, 6) is -0.0206. The van der Waals surface area contributed by atoms with E-state index in [1.54, 1.807) is 37.3 Å². The summed E-state index contributed by atoms with van der Waals surface area (Å²) in [4.78, 5) is 23.8. The number of nitrogens with one attached hydrogen (secondary N) is 2. The lowest BCUT2D eigenvalue weighted by atomic mass is 10.1. The van der Waals surface area contributed by atoms with Gasteiger partial charge in [-0.15, -0.1) is 0 Å². The van der Waals surface area contributed by atoms with Crippen molar-refractivity contribution in [2.75, 3.05) is 11.9 Å². The minimum Gasteiger partial charge on any atom is -0.507 e. The number of ether oxygens (including phenoxy) is 1. The summed E-state index contributed by atoms with van der Waals surface area (Å²) >= 11 is 5.89. The van der Waals surface area contributed by atoms with Gasteiger partial charge in [-0.25, -0.2) is 5.43 Å². The van der Waals surface area contributed by atoms with E-state index in [-0.39, 0.29) is 18.3 Å². The molecule has 0 unspecified atom stereocenters. The van der Waals surface area contributed by atoms with Gasteiger partial charge in [-0.3, -0.25) is 9.59 Å². The van der Waals surface area contributed by atoms with Crippen LogP contribution in [-0.2, 0) is 9.59 Å². The van der Waals surface area contributed by atoms with Gasteiger partial charge >= 0.3 is 0 Å². The molecule has 2 aromatic carbocycles. The molecule has 0 aliphatic heterocycles. The van der Waals surface area contributed by atoms with Crippen LogP contribution in [0.25, 0.3) is 0 Å². The molecule has 2 amide bonds. The van der Waals surface area contributed by atoms with Crippen molar-refractivity contribution in [2.45, 2.75) is 33.6 Å². The van der Waals surface area contributed by atoms with Gasteiger partial charge in [0, 0.05) is 22.7 Å². The van der Waals surface area contributed by atoms with Crippen molar-refractivity contribution in [3.63, 3.8) is 0 Å². The van der Waals surface area contributed by atoms with Crippen LogP contribution in [0, 0.1) is 6.92 Å². The third kappa shape index (κ3) is 6.80. The molecule has 154 valence electrons. The van der Waals surface area contributed by atoms with Crippen molar-refractivity contribution in [2.24, 2.45) is 5.10 Å². The van der Waals surface area contributed by atoms with Crippen molar-refractivity contribution in [1.29, 1.82) is 0 Å². The van der Waals surface area contributed by atoms with Crippen molar-refractivity contribution in [3.05, 3.63) is 52.5 Å². The van der Waals surface area contributed by atoms with Crippen molar-refractivity contribution >= 4 is 34.8 Å². The van der Waals surface area contributed by atoms with Crippen LogP contribution in [0.4, 0.5) is 5.69 Å². The van der Waals surface area contributed by atoms with E-state index in [0.29, 0.717) is 34.2 Å². The number of aromatic hydroxyl groups is 1. The molecule has 0 bridgehead atoms. The van der Waals surface area contributed by atoms with Gasteiger partial charge in [0.05, 0.1) is 5.71 Å². The van der Waals surface area contributed by atoms with Gasteiger partial charge in [-0.05, 0) is 62.2 Å². The number of halogens is 1. The van der Waals surface area contributed by atoms with Crippen LogP contribution in [0.1, 0.15) is 37.8 Å². The van der Waals surface area contributed by atoms with Crippen LogP contribution < -0.4 is 15.5 Å². The van der Waals surface area contributed by atoms with E-state index in [1.807, 2.05) is 13.8 Å². The molecule has 0 fully saturated rings. The van der Waals surface area contributed by atoms with E-state index < -0.39 is 5.91 Å². The Labute approximate surface area is 174 Å². The van der Waals surface area contributed by atoms with E-state index in [1.165, 1.54) is 6.07 Å². The van der Waals surface area contributed by atoms with Crippen LogP contribution >= 0.6 is 11.6 Å². The third-order valence-electron chi connectivity index (χ3n) is 3.99. The number of carbonyl (C=O) groups excluding carboxylic acids is 2. The minimum absolute atomic E-state index is 0.0120. The number of hydrazone groups is 1. The molecule has 29 heavy (non-hydrogen) atoms. The maximum absolute atomic E-state index is 12.0. The molecule has 2 rings (SSSR count). The minimum atomic E-state index is -0.453. The highest BCUT2D eigenvalue weighted by Crippen LogP contribution is 2.23. The molecular formula is C21H24ClN3O4. The maximum atomic E-state index is 12.0. The highest BCUT2D eigenvalue weighted by atomic mass is 35.5. The fourth-order valence-electron chi connectivity index (χ4n) is 2.51. The fourth-order valence-corrected chi connectivity index (χ4v) is 2.74. The number of rotatable bonds is 8. The highest BCUT2D eigenvalue weighted by molar-refractivity contribution is 6.30. The number of benzene rings is 2. The zero-order valence-corrected chi connectivity index (χ0v) is 17.3. The largest absolute Gasteiger partial charge is 0.507 e. The number of aryl methyl sites for hydroxylation is 1. The summed E-state index contributed by atoms with van der Waals surface area (Å²) in [6.07, 6.45) is 1.15. The third-order valence-corrected chi connectivity index (χ3v) is 4.23. The molecule has 0 heterocycles. The quantitative estimate of drug-likeness (QED) is 0.343. The normalized spacial score (nSPS) is 11.1. The molecule has 2 aromatic rings. The Hall–Kier alpha value is -3.06. The molecular weight excluding hydrogens is 394 g/mol. The van der Waals surface area contributed by atoms with E-state index >= 15 is 0 Å². The first-order valence-electron chi connectivity index (χ1n) is 9.15. The second kappa shape index (κ2) is 10.5. The summed E-state index contributed by atoms with van der Waals surface area (Å²) < 4.78 is 5.46. The lowest BCUT2D eigenvalue weighted by Gasteiger charge is -2.10. The van der Waals surface area contributed by atoms with Crippen LogP contribution in [-0.4, -0.2) is 29.2 Å². The molecule has 0 aliphatic carbocycles. The van der Waals surface area contributed by atoms with Gasteiger partial charge < -0.3 is 15.2 Å². The van der Waals surface area contributed by atoms with Gasteiger partial charge in [0.2, 0.25) is 5.91 Å². The fraction of sp³-hybridized carbons (Fsp3) is 0.286. The highest BCUT2D eigenvalue weighted by Gasteiger charge is 2.10. The van der Waals surface area contributed by atoms with E-state index in [2.05, 4.69) is 15.8 Å². The Morgan fingerprint density at radius 1 is 1.17 bits per heavy atom. The average molecular weight is 418 g/mol. The van der Waals surface area contributed by atoms with Crippen LogP contribution in [0.2, 0.25) is 5.02 Å². The number of anilines is 1. The van der Waals surface area contributed by atoms with Gasteiger partial charge in [-0.1, -0.05) is 18.5 Å². The smallest absolute Gasteiger partial charge is 0.277 e. The van der Waals surface area contributed by atoms with Gasteiger partial charge in [-0.2, -0.15) is 5.10 Å². The second-order valence-electron chi connectivity index (χ2n) is 6.46. The van der Waals surface area contributed by atoms with Crippen molar-refractivity contribution in [1.82, 2.24) is 5.43 Å². The summed E-state index contributed by atoms with van der Waals surface area (Å²) in [6, 6.07) is 9.77. The van der Waals surface area contributed by atoms with Crippen LogP contribution in [0.5, 0.6) is 11.5 Å². The molecule has 0 aromatic heterocycles. The Morgan fingerprint density at radius 3 is 2.62 bits per heavy atom. The summed E-state index contributed by atoms with van der Waals surface area (Å²) in [5.41, 5.74) is 4.52. The number of carbonyl (C=O) groups is 2. The number of hydrogen-bond donors (Lipinski definition) is 3. The van der Waals surface area contributed by atoms with Gasteiger partial charge in [0.1, 0.15) is 11.5 Å². The van der Waals surface area contributed by atoms with E-state index in [4.69, 9.17) is 16.3 Å². The first kappa shape index (κ1) is 22.2. The average Bonchev–Trinajstić information content (AvgIpc) is 2.67. The number of nitrogens with zero attached hydrogens (tertiary/aromatic N) is 1. The number of hydrogen-bond acceptors (Lipinski definition) is 5. The Balaban J connectivity index is 1.99. The van der Waals surface area contributed by atoms with Gasteiger partial charge in [0.15, 0.2) is 6.61 Å². The zero-order valence-electron chi connectivity index (χ0n) is 16.6. The van der Waals surface area contributed by atoms with Gasteiger partial charge in [0.25, 0.3) is 5.91 Å². The molecule has 0 aliphatic rings. The standard InChI is InChI=1S/C21H24ClN3O4/c1-4-5-20(27)23-16-7-8-18(26)17(11-16)14(3)24-25-21(28)12-29-19-9-6-15(22)10-13(19)2/h6-11,26H,4-5,12H2,1-3H3,(H,23,27)(H,25,28)/b24-14+. The lowest BCUT2D eigenvalue weighted by molar-refractivity contribution is -0.123. The van der Waals surface area contributed by atoms with E-state index in [9.17, 15) is 14.7 Å². The SMILES string of the molecule is CCCC(=O)Nc1ccc(O)c(/C(C)=N/NC(=O)COc2ccc(Cl)cc2C)c1. The number of amides is 2. The number of phenolic OH excluding ortho intramolecular Hbond substituents is 1. The molecule has 0 radical (unpaired) electrons. The van der Waals surface area contributed by atoms with Crippen LogP contribution in [0.3, 0.4) is 0 Å². The molecule has 0 saturated carbocycles. The molecule has 0 atom stereocenters. The number of phenols is 1. The molecule has 0 saturated heterocycles. The van der Waals surface area contributed by atoms with Crippen molar-refractivity contribution in [3.8, 4) is 11.5 Å². The molecule has 3 N–H and O–H groups in total. The first-order chi connectivity index (χ1) is 13.8. The maximum Gasteiger partial charge on any atom is 0.277 e. The summed E-state index contributed by atoms with van der Waals surface area (Å²) in [6.45, 7) is 5.16. The molecule has 0 spiro atoms. The predicted octanol–water partition coefficient (Wildman–Crippen LogP) is 4.01. The van der Waals surface area contributed by atoms with Crippen LogP contribution in [0.15, 0.2) is 41.5 Å². The topological polar surface area (TPSA) is 100 Å².